The molecule has 0 unspecified atom stereocenters. The minimum Gasteiger partial charge on any atom is -0.394 e. The standard InChI is InChI=1S/C24H32N4O9/c29-12-18-21(33)22(34)23(35)24(37-18)36-13-17(30)20(32)19(31)16(28-27-15-9-5-2-6-10-15)11-25-26-14-7-3-1-4-8-14/h1-11,17-24,26-27,29-35H,12-13H2/b25-11+,28-16-/t17-,18+,19+,20-,21-,22-,23-,24+/m1/s1. The fraction of sp³-hybridized carbons (Fsp3) is 0.417. The Kier molecular flexibility index (Phi) is 10.9. The van der Waals surface area contributed by atoms with E-state index in [9.17, 15) is 35.7 Å². The molecule has 13 heteroatoms. The van der Waals surface area contributed by atoms with Crippen LogP contribution in [0.2, 0.25) is 0 Å². The van der Waals surface area contributed by atoms with Gasteiger partial charge in [-0.1, -0.05) is 36.4 Å². The fourth-order valence-electron chi connectivity index (χ4n) is 3.38. The third-order valence-corrected chi connectivity index (χ3v) is 5.55. The van der Waals surface area contributed by atoms with Crippen molar-refractivity contribution in [2.75, 3.05) is 24.1 Å². The number of aliphatic hydroxyl groups excluding tert-OH is 7. The quantitative estimate of drug-likeness (QED) is 0.116. The van der Waals surface area contributed by atoms with E-state index < -0.39 is 62.2 Å². The number of hydrazone groups is 2. The van der Waals surface area contributed by atoms with Gasteiger partial charge in [-0.3, -0.25) is 10.9 Å². The van der Waals surface area contributed by atoms with Crippen LogP contribution in [0, 0.1) is 0 Å². The second kappa shape index (κ2) is 14.1. The largest absolute Gasteiger partial charge is 0.394 e. The van der Waals surface area contributed by atoms with Crippen molar-refractivity contribution in [1.29, 1.82) is 0 Å². The zero-order valence-corrected chi connectivity index (χ0v) is 19.7. The van der Waals surface area contributed by atoms with Gasteiger partial charge < -0.3 is 45.2 Å². The van der Waals surface area contributed by atoms with Crippen molar-refractivity contribution >= 4 is 23.3 Å². The number of aliphatic hydroxyl groups is 7. The minimum absolute atomic E-state index is 0.133. The Bertz CT molecular complexity index is 996. The molecule has 0 saturated carbocycles. The summed E-state index contributed by atoms with van der Waals surface area (Å²) in [7, 11) is 0. The van der Waals surface area contributed by atoms with Crippen molar-refractivity contribution < 1.29 is 45.2 Å². The van der Waals surface area contributed by atoms with Gasteiger partial charge in [0.05, 0.1) is 30.8 Å². The number of ether oxygens (including phenoxy) is 2. The van der Waals surface area contributed by atoms with Gasteiger partial charge in [0.25, 0.3) is 0 Å². The number of hydrogen-bond acceptors (Lipinski definition) is 13. The lowest BCUT2D eigenvalue weighted by molar-refractivity contribution is -0.306. The molecule has 3 rings (SSSR count). The van der Waals surface area contributed by atoms with E-state index in [0.717, 1.165) is 0 Å². The predicted octanol–water partition coefficient (Wildman–Crippen LogP) is -1.55. The Morgan fingerprint density at radius 2 is 1.49 bits per heavy atom. The van der Waals surface area contributed by atoms with Crippen molar-refractivity contribution in [3.63, 3.8) is 0 Å². The molecule has 0 amide bonds. The first-order valence-corrected chi connectivity index (χ1v) is 11.5. The molecule has 1 aliphatic rings. The molecule has 2 aromatic carbocycles. The highest BCUT2D eigenvalue weighted by molar-refractivity contribution is 6.33. The molecule has 37 heavy (non-hydrogen) atoms. The molecular formula is C24H32N4O9. The van der Waals surface area contributed by atoms with Crippen LogP contribution in [0.4, 0.5) is 11.4 Å². The predicted molar refractivity (Wildman–Crippen MR) is 134 cm³/mol. The lowest BCUT2D eigenvalue weighted by Crippen LogP contribution is -2.59. The van der Waals surface area contributed by atoms with Gasteiger partial charge in [0.2, 0.25) is 0 Å². The van der Waals surface area contributed by atoms with Gasteiger partial charge in [0.15, 0.2) is 6.29 Å². The number of rotatable bonds is 12. The first-order chi connectivity index (χ1) is 17.8. The van der Waals surface area contributed by atoms with Crippen molar-refractivity contribution in [3.05, 3.63) is 60.7 Å². The third kappa shape index (κ3) is 8.00. The minimum atomic E-state index is -1.82. The Balaban J connectivity index is 1.66. The van der Waals surface area contributed by atoms with Crippen LogP contribution in [0.3, 0.4) is 0 Å². The lowest BCUT2D eigenvalue weighted by Gasteiger charge is -2.40. The average molecular weight is 521 g/mol. The Morgan fingerprint density at radius 3 is 2.08 bits per heavy atom. The first-order valence-electron chi connectivity index (χ1n) is 11.5. The molecule has 0 bridgehead atoms. The summed E-state index contributed by atoms with van der Waals surface area (Å²) in [6, 6.07) is 17.8. The van der Waals surface area contributed by atoms with Gasteiger partial charge in [-0.05, 0) is 24.3 Å². The van der Waals surface area contributed by atoms with Gasteiger partial charge >= 0.3 is 0 Å². The zero-order valence-electron chi connectivity index (χ0n) is 19.7. The Labute approximate surface area is 212 Å². The Hall–Kier alpha value is -2.98. The highest BCUT2D eigenvalue weighted by Gasteiger charge is 2.44. The molecule has 1 saturated heterocycles. The SMILES string of the molecule is OC[C@@H]1O[C@H](OC[C@@H](O)[C@@H](O)[C@@H](O)C(/C=N/Nc2ccccc2)=N\Nc2ccccc2)[C@H](O)[C@H](O)[C@@H]1O. The summed E-state index contributed by atoms with van der Waals surface area (Å²) in [5, 5.41) is 78.8. The van der Waals surface area contributed by atoms with E-state index in [4.69, 9.17) is 9.47 Å². The van der Waals surface area contributed by atoms with E-state index in [-0.39, 0.29) is 5.71 Å². The molecule has 0 aliphatic carbocycles. The Morgan fingerprint density at radius 1 is 0.892 bits per heavy atom. The average Bonchev–Trinajstić information content (AvgIpc) is 2.93. The van der Waals surface area contributed by atoms with Gasteiger partial charge in [-0.15, -0.1) is 0 Å². The molecule has 13 nitrogen and oxygen atoms in total. The molecule has 9 N–H and O–H groups in total. The van der Waals surface area contributed by atoms with Gasteiger partial charge in [0, 0.05) is 0 Å². The number of nitrogens with zero attached hydrogens (tertiary/aromatic N) is 2. The lowest BCUT2D eigenvalue weighted by atomic mass is 9.99. The van der Waals surface area contributed by atoms with E-state index in [0.29, 0.717) is 11.4 Å². The number of para-hydroxylation sites is 2. The summed E-state index contributed by atoms with van der Waals surface area (Å²) in [5.74, 6) is 0. The maximum Gasteiger partial charge on any atom is 0.186 e. The number of hydrogen-bond donors (Lipinski definition) is 9. The number of benzene rings is 2. The van der Waals surface area contributed by atoms with Crippen LogP contribution in [0.25, 0.3) is 0 Å². The third-order valence-electron chi connectivity index (χ3n) is 5.55. The smallest absolute Gasteiger partial charge is 0.186 e. The molecule has 202 valence electrons. The molecule has 1 heterocycles. The fourth-order valence-corrected chi connectivity index (χ4v) is 3.38. The first kappa shape index (κ1) is 28.6. The van der Waals surface area contributed by atoms with E-state index >= 15 is 0 Å². The van der Waals surface area contributed by atoms with Crippen LogP contribution in [-0.4, -0.2) is 110 Å². The molecule has 1 fully saturated rings. The summed E-state index contributed by atoms with van der Waals surface area (Å²) in [5.41, 5.74) is 6.62. The number of nitrogens with one attached hydrogen (secondary N) is 2. The van der Waals surface area contributed by atoms with E-state index in [1.54, 1.807) is 48.5 Å². The summed E-state index contributed by atoms with van der Waals surface area (Å²) >= 11 is 0. The summed E-state index contributed by atoms with van der Waals surface area (Å²) in [6.07, 6.45) is -11.7. The van der Waals surface area contributed by atoms with Crippen LogP contribution < -0.4 is 10.9 Å². The van der Waals surface area contributed by atoms with Crippen molar-refractivity contribution in [3.8, 4) is 0 Å². The van der Waals surface area contributed by atoms with Crippen molar-refractivity contribution in [2.45, 2.75) is 49.0 Å². The normalized spacial score (nSPS) is 27.0. The summed E-state index contributed by atoms with van der Waals surface area (Å²) in [6.45, 7) is -1.29. The van der Waals surface area contributed by atoms with Gasteiger partial charge in [-0.25, -0.2) is 0 Å². The molecule has 1 aliphatic heterocycles. The molecule has 0 aromatic heterocycles. The molecule has 8 atom stereocenters. The molecular weight excluding hydrogens is 488 g/mol. The highest BCUT2D eigenvalue weighted by atomic mass is 16.7. The zero-order chi connectivity index (χ0) is 26.8. The summed E-state index contributed by atoms with van der Waals surface area (Å²) in [4.78, 5) is 0. The van der Waals surface area contributed by atoms with Crippen molar-refractivity contribution in [2.24, 2.45) is 10.2 Å². The second-order valence-corrected chi connectivity index (χ2v) is 8.28. The number of anilines is 2. The van der Waals surface area contributed by atoms with Crippen LogP contribution in [0.5, 0.6) is 0 Å². The molecule has 0 radical (unpaired) electrons. The van der Waals surface area contributed by atoms with E-state index in [1.165, 1.54) is 6.21 Å². The monoisotopic (exact) mass is 520 g/mol. The van der Waals surface area contributed by atoms with Crippen LogP contribution in [0.1, 0.15) is 0 Å². The van der Waals surface area contributed by atoms with E-state index in [1.807, 2.05) is 12.1 Å². The maximum atomic E-state index is 10.7. The second-order valence-electron chi connectivity index (χ2n) is 8.28. The maximum absolute atomic E-state index is 10.7. The van der Waals surface area contributed by atoms with Gasteiger partial charge in [-0.2, -0.15) is 10.2 Å². The van der Waals surface area contributed by atoms with Gasteiger partial charge in [0.1, 0.15) is 48.4 Å². The topological polar surface area (TPSA) is 209 Å². The highest BCUT2D eigenvalue weighted by Crippen LogP contribution is 2.22. The summed E-state index contributed by atoms with van der Waals surface area (Å²) < 4.78 is 10.5. The van der Waals surface area contributed by atoms with E-state index in [2.05, 4.69) is 21.1 Å². The van der Waals surface area contributed by atoms with Crippen LogP contribution >= 0.6 is 0 Å². The van der Waals surface area contributed by atoms with Crippen LogP contribution in [0.15, 0.2) is 70.9 Å². The van der Waals surface area contributed by atoms with Crippen LogP contribution in [-0.2, 0) is 9.47 Å². The van der Waals surface area contributed by atoms with Crippen molar-refractivity contribution in [1.82, 2.24) is 0 Å². The molecule has 2 aromatic rings. The molecule has 0 spiro atoms.